The van der Waals surface area contributed by atoms with Crippen LogP contribution in [0.4, 0.5) is 33.3 Å². The van der Waals surface area contributed by atoms with Crippen LogP contribution in [0, 0.1) is 50.5 Å². The summed E-state index contributed by atoms with van der Waals surface area (Å²) in [6.45, 7) is 0. The Morgan fingerprint density at radius 2 is 1.56 bits per heavy atom. The van der Waals surface area contributed by atoms with Crippen molar-refractivity contribution in [3.63, 3.8) is 0 Å². The fraction of sp³-hybridized carbons (Fsp3) is 0. The number of hydrogen-bond donors (Lipinski definition) is 1. The smallest absolute Gasteiger partial charge is 0.271 e. The molecule has 0 fully saturated rings. The molecule has 1 N–H and O–H groups in total. The Morgan fingerprint density at radius 1 is 0.969 bits per heavy atom. The van der Waals surface area contributed by atoms with E-state index in [0.717, 1.165) is 12.3 Å². The average Bonchev–Trinajstić information content (AvgIpc) is 2.79. The van der Waals surface area contributed by atoms with Crippen molar-refractivity contribution in [2.75, 3.05) is 5.43 Å². The number of nitro benzene ring substituents is 1. The van der Waals surface area contributed by atoms with Crippen molar-refractivity contribution in [3.8, 4) is 17.6 Å². The molecule has 0 bridgehead atoms. The Morgan fingerprint density at radius 3 is 2.12 bits per heavy atom. The minimum absolute atomic E-state index is 0.0585. The highest BCUT2D eigenvalue weighted by molar-refractivity contribution is 5.80. The van der Waals surface area contributed by atoms with Crippen LogP contribution in [0.5, 0.6) is 11.5 Å². The lowest BCUT2D eigenvalue weighted by Gasteiger charge is -2.08. The summed E-state index contributed by atoms with van der Waals surface area (Å²) in [7, 11) is 0. The highest BCUT2D eigenvalue weighted by Gasteiger charge is 2.25. The van der Waals surface area contributed by atoms with E-state index in [0.29, 0.717) is 5.56 Å². The van der Waals surface area contributed by atoms with E-state index in [1.807, 2.05) is 0 Å². The SMILES string of the molecule is N#Cc1cc([N+](=O)[O-])ccc1Oc1ccc(/C=N\Nc2c(F)c(F)c(F)c(F)c2F)cc1. The van der Waals surface area contributed by atoms with Crippen LogP contribution < -0.4 is 10.2 Å². The summed E-state index contributed by atoms with van der Waals surface area (Å²) >= 11 is 0. The molecule has 0 amide bonds. The fourth-order valence-electron chi connectivity index (χ4n) is 2.43. The first-order valence-electron chi connectivity index (χ1n) is 8.50. The van der Waals surface area contributed by atoms with Crippen LogP contribution >= 0.6 is 0 Å². The first-order chi connectivity index (χ1) is 15.2. The molecule has 0 aliphatic heterocycles. The third kappa shape index (κ3) is 4.46. The normalized spacial score (nSPS) is 10.8. The van der Waals surface area contributed by atoms with Crippen LogP contribution in [0.3, 0.4) is 0 Å². The standard InChI is InChI=1S/C20H9F5N4O3/c21-15-16(22)18(24)20(19(25)17(15)23)28-27-9-10-1-4-13(5-2-10)32-14-6-3-12(29(30)31)7-11(14)8-26/h1-7,9,28H/b27-9-. The molecule has 162 valence electrons. The van der Waals surface area contributed by atoms with Gasteiger partial charge in [-0.25, -0.2) is 22.0 Å². The van der Waals surface area contributed by atoms with Crippen molar-refractivity contribution in [1.82, 2.24) is 0 Å². The molecule has 3 rings (SSSR count). The van der Waals surface area contributed by atoms with Crippen LogP contribution in [0.25, 0.3) is 0 Å². The van der Waals surface area contributed by atoms with Gasteiger partial charge in [-0.3, -0.25) is 15.5 Å². The Balaban J connectivity index is 1.73. The van der Waals surface area contributed by atoms with Gasteiger partial charge in [0.1, 0.15) is 28.8 Å². The zero-order chi connectivity index (χ0) is 23.4. The summed E-state index contributed by atoms with van der Waals surface area (Å²) in [6, 6.07) is 11.0. The average molecular weight is 448 g/mol. The second-order valence-corrected chi connectivity index (χ2v) is 6.04. The van der Waals surface area contributed by atoms with Crippen LogP contribution in [-0.4, -0.2) is 11.1 Å². The molecule has 0 unspecified atom stereocenters. The number of nitrogens with one attached hydrogen (secondary N) is 1. The first-order valence-corrected chi connectivity index (χ1v) is 8.50. The van der Waals surface area contributed by atoms with Gasteiger partial charge in [0.2, 0.25) is 5.82 Å². The lowest BCUT2D eigenvalue weighted by Crippen LogP contribution is -2.06. The minimum Gasteiger partial charge on any atom is -0.456 e. The summed E-state index contributed by atoms with van der Waals surface area (Å²) in [4.78, 5) is 10.1. The molecule has 0 aromatic heterocycles. The topological polar surface area (TPSA) is 101 Å². The summed E-state index contributed by atoms with van der Waals surface area (Å²) in [6.07, 6.45) is 1.05. The second-order valence-electron chi connectivity index (χ2n) is 6.04. The zero-order valence-corrected chi connectivity index (χ0v) is 15.6. The highest BCUT2D eigenvalue weighted by atomic mass is 19.2. The fourth-order valence-corrected chi connectivity index (χ4v) is 2.43. The third-order valence-corrected chi connectivity index (χ3v) is 4.00. The molecular weight excluding hydrogens is 439 g/mol. The van der Waals surface area contributed by atoms with Crippen molar-refractivity contribution < 1.29 is 31.6 Å². The molecule has 0 aliphatic rings. The maximum Gasteiger partial charge on any atom is 0.271 e. The quantitative estimate of drug-likeness (QED) is 0.136. The van der Waals surface area contributed by atoms with E-state index in [1.54, 1.807) is 11.5 Å². The number of nitro groups is 1. The van der Waals surface area contributed by atoms with Gasteiger partial charge in [0, 0.05) is 12.1 Å². The predicted molar refractivity (Wildman–Crippen MR) is 102 cm³/mol. The number of anilines is 1. The van der Waals surface area contributed by atoms with Gasteiger partial charge in [-0.15, -0.1) is 0 Å². The van der Waals surface area contributed by atoms with Crippen molar-refractivity contribution in [1.29, 1.82) is 5.26 Å². The molecule has 0 spiro atoms. The van der Waals surface area contributed by atoms with E-state index in [9.17, 15) is 32.1 Å². The molecule has 0 aliphatic carbocycles. The van der Waals surface area contributed by atoms with Gasteiger partial charge in [-0.1, -0.05) is 0 Å². The lowest BCUT2D eigenvalue weighted by molar-refractivity contribution is -0.384. The van der Waals surface area contributed by atoms with Crippen molar-refractivity contribution >= 4 is 17.6 Å². The molecule has 0 heterocycles. The maximum atomic E-state index is 13.6. The number of benzene rings is 3. The molecule has 0 saturated carbocycles. The van der Waals surface area contributed by atoms with Crippen molar-refractivity contribution in [2.45, 2.75) is 0 Å². The van der Waals surface area contributed by atoms with Crippen molar-refractivity contribution in [2.24, 2.45) is 5.10 Å². The number of hydrazone groups is 1. The summed E-state index contributed by atoms with van der Waals surface area (Å²) in [5, 5.41) is 23.4. The monoisotopic (exact) mass is 448 g/mol. The second kappa shape index (κ2) is 9.09. The van der Waals surface area contributed by atoms with Gasteiger partial charge in [-0.05, 0) is 35.9 Å². The zero-order valence-electron chi connectivity index (χ0n) is 15.6. The van der Waals surface area contributed by atoms with E-state index < -0.39 is 39.7 Å². The lowest BCUT2D eigenvalue weighted by atomic mass is 10.2. The molecule has 0 saturated heterocycles. The number of halogens is 5. The molecule has 0 radical (unpaired) electrons. The number of nitrogens with zero attached hydrogens (tertiary/aromatic N) is 3. The number of rotatable bonds is 6. The number of hydrogen-bond acceptors (Lipinski definition) is 6. The summed E-state index contributed by atoms with van der Waals surface area (Å²) in [5.41, 5.74) is 0.492. The van der Waals surface area contributed by atoms with Crippen LogP contribution in [0.2, 0.25) is 0 Å². The minimum atomic E-state index is -2.28. The number of non-ortho nitro benzene ring substituents is 1. The summed E-state index contributed by atoms with van der Waals surface area (Å²) in [5.74, 6) is -10.3. The van der Waals surface area contributed by atoms with E-state index in [1.165, 1.54) is 36.4 Å². The molecule has 12 heteroatoms. The molecule has 0 atom stereocenters. The van der Waals surface area contributed by atoms with Crippen LogP contribution in [0.1, 0.15) is 11.1 Å². The Hall–Kier alpha value is -4.53. The van der Waals surface area contributed by atoms with Crippen LogP contribution in [0.15, 0.2) is 47.6 Å². The van der Waals surface area contributed by atoms with Crippen molar-refractivity contribution in [3.05, 3.63) is 92.8 Å². The highest BCUT2D eigenvalue weighted by Crippen LogP contribution is 2.29. The van der Waals surface area contributed by atoms with E-state index in [-0.39, 0.29) is 22.7 Å². The number of ether oxygens (including phenoxy) is 1. The molecule has 32 heavy (non-hydrogen) atoms. The first kappa shape index (κ1) is 22.2. The van der Waals surface area contributed by atoms with E-state index >= 15 is 0 Å². The van der Waals surface area contributed by atoms with Gasteiger partial charge in [0.25, 0.3) is 5.69 Å². The molecule has 7 nitrogen and oxygen atoms in total. The number of nitriles is 1. The van der Waals surface area contributed by atoms with Crippen LogP contribution in [-0.2, 0) is 0 Å². The van der Waals surface area contributed by atoms with E-state index in [2.05, 4.69) is 5.10 Å². The molecular formula is C20H9F5N4O3. The van der Waals surface area contributed by atoms with Gasteiger partial charge in [0.15, 0.2) is 23.3 Å². The molecule has 3 aromatic rings. The molecule has 3 aromatic carbocycles. The van der Waals surface area contributed by atoms with Gasteiger partial charge >= 0.3 is 0 Å². The Bertz CT molecular complexity index is 1240. The Kier molecular flexibility index (Phi) is 6.29. The third-order valence-electron chi connectivity index (χ3n) is 4.00. The van der Waals surface area contributed by atoms with Gasteiger partial charge in [0.05, 0.1) is 11.1 Å². The predicted octanol–water partition coefficient (Wildman–Crippen LogP) is 5.40. The van der Waals surface area contributed by atoms with Gasteiger partial charge in [-0.2, -0.15) is 10.4 Å². The van der Waals surface area contributed by atoms with E-state index in [4.69, 9.17) is 10.00 Å². The Labute approximate surface area is 176 Å². The van der Waals surface area contributed by atoms with Gasteiger partial charge < -0.3 is 4.74 Å². The summed E-state index contributed by atoms with van der Waals surface area (Å²) < 4.78 is 72.1. The largest absolute Gasteiger partial charge is 0.456 e. The maximum absolute atomic E-state index is 13.6.